The van der Waals surface area contributed by atoms with Gasteiger partial charge in [-0.1, -0.05) is 0 Å². The molecular formula is C7H14OS2. The van der Waals surface area contributed by atoms with E-state index in [0.29, 0.717) is 10.7 Å². The average molecular weight is 178 g/mol. The summed E-state index contributed by atoms with van der Waals surface area (Å²) in [5, 5.41) is 8.62. The predicted octanol–water partition coefficient (Wildman–Crippen LogP) is 1.96. The molecule has 0 spiro atoms. The second kappa shape index (κ2) is 3.88. The van der Waals surface area contributed by atoms with Crippen LogP contribution in [0, 0.1) is 0 Å². The Morgan fingerprint density at radius 2 is 2.00 bits per heavy atom. The molecule has 60 valence electrons. The molecule has 1 heterocycles. The van der Waals surface area contributed by atoms with Gasteiger partial charge in [-0.3, -0.25) is 0 Å². The van der Waals surface area contributed by atoms with Crippen LogP contribution in [-0.2, 0) is 0 Å². The van der Waals surface area contributed by atoms with Crippen molar-refractivity contribution < 1.29 is 5.11 Å². The van der Waals surface area contributed by atoms with Gasteiger partial charge in [-0.05, 0) is 19.8 Å². The van der Waals surface area contributed by atoms with Gasteiger partial charge in [-0.25, -0.2) is 0 Å². The molecule has 1 nitrogen and oxygen atoms in total. The summed E-state index contributed by atoms with van der Waals surface area (Å²) < 4.78 is 0.419. The molecule has 0 radical (unpaired) electrons. The Morgan fingerprint density at radius 1 is 1.40 bits per heavy atom. The third-order valence-corrected chi connectivity index (χ3v) is 5.10. The molecule has 1 fully saturated rings. The van der Waals surface area contributed by atoms with Crippen LogP contribution in [0.5, 0.6) is 0 Å². The zero-order valence-electron chi connectivity index (χ0n) is 6.30. The van der Waals surface area contributed by atoms with Crippen LogP contribution in [-0.4, -0.2) is 27.3 Å². The lowest BCUT2D eigenvalue weighted by Gasteiger charge is -2.20. The molecule has 0 aromatic carbocycles. The van der Waals surface area contributed by atoms with E-state index in [1.54, 1.807) is 0 Å². The van der Waals surface area contributed by atoms with Gasteiger partial charge in [0, 0.05) is 18.1 Å². The summed E-state index contributed by atoms with van der Waals surface area (Å²) in [5.74, 6) is 2.57. The Bertz CT molecular complexity index is 99.8. The van der Waals surface area contributed by atoms with Crippen molar-refractivity contribution in [2.24, 2.45) is 0 Å². The SMILES string of the molecule is CC1(CCCO)SCCS1. The van der Waals surface area contributed by atoms with Crippen molar-refractivity contribution in [1.29, 1.82) is 0 Å². The Hall–Kier alpha value is 0.660. The Balaban J connectivity index is 2.22. The fourth-order valence-electron chi connectivity index (χ4n) is 1.10. The van der Waals surface area contributed by atoms with E-state index in [4.69, 9.17) is 5.11 Å². The lowest BCUT2D eigenvalue weighted by Crippen LogP contribution is -2.11. The van der Waals surface area contributed by atoms with Crippen LogP contribution in [0.3, 0.4) is 0 Å². The van der Waals surface area contributed by atoms with Crippen LogP contribution in [0.1, 0.15) is 19.8 Å². The first kappa shape index (κ1) is 8.75. The van der Waals surface area contributed by atoms with Crippen molar-refractivity contribution in [3.8, 4) is 0 Å². The topological polar surface area (TPSA) is 20.2 Å². The van der Waals surface area contributed by atoms with Crippen molar-refractivity contribution in [1.82, 2.24) is 0 Å². The summed E-state index contributed by atoms with van der Waals surface area (Å²) >= 11 is 4.07. The summed E-state index contributed by atoms with van der Waals surface area (Å²) in [5.41, 5.74) is 0. The maximum absolute atomic E-state index is 8.62. The predicted molar refractivity (Wildman–Crippen MR) is 49.6 cm³/mol. The first-order valence-electron chi connectivity index (χ1n) is 3.66. The fraction of sp³-hybridized carbons (Fsp3) is 1.00. The standard InChI is InChI=1S/C7H14OS2/c1-7(3-2-4-8)9-5-6-10-7/h8H,2-6H2,1H3. The molecule has 0 bridgehead atoms. The van der Waals surface area contributed by atoms with Gasteiger partial charge < -0.3 is 5.11 Å². The summed E-state index contributed by atoms with van der Waals surface area (Å²) in [7, 11) is 0. The van der Waals surface area contributed by atoms with E-state index in [-0.39, 0.29) is 0 Å². The van der Waals surface area contributed by atoms with Crippen molar-refractivity contribution in [3.05, 3.63) is 0 Å². The molecular weight excluding hydrogens is 164 g/mol. The van der Waals surface area contributed by atoms with Crippen molar-refractivity contribution >= 4 is 23.5 Å². The average Bonchev–Trinajstić information content (AvgIpc) is 2.33. The molecule has 0 aromatic rings. The molecule has 1 aliphatic heterocycles. The van der Waals surface area contributed by atoms with Crippen molar-refractivity contribution in [3.63, 3.8) is 0 Å². The minimum atomic E-state index is 0.344. The lowest BCUT2D eigenvalue weighted by atomic mass is 10.2. The molecule has 0 unspecified atom stereocenters. The molecule has 0 aromatic heterocycles. The van der Waals surface area contributed by atoms with Crippen LogP contribution in [0.4, 0.5) is 0 Å². The number of rotatable bonds is 3. The molecule has 10 heavy (non-hydrogen) atoms. The fourth-order valence-corrected chi connectivity index (χ4v) is 4.04. The first-order valence-corrected chi connectivity index (χ1v) is 5.63. The normalized spacial score (nSPS) is 23.4. The van der Waals surface area contributed by atoms with E-state index in [2.05, 4.69) is 6.92 Å². The highest BCUT2D eigenvalue weighted by molar-refractivity contribution is 8.21. The van der Waals surface area contributed by atoms with E-state index in [9.17, 15) is 0 Å². The summed E-state index contributed by atoms with van der Waals surface area (Å²) in [4.78, 5) is 0. The van der Waals surface area contributed by atoms with Gasteiger partial charge in [-0.15, -0.1) is 23.5 Å². The Kier molecular flexibility index (Phi) is 3.40. The van der Waals surface area contributed by atoms with Gasteiger partial charge in [0.25, 0.3) is 0 Å². The highest BCUT2D eigenvalue weighted by Crippen LogP contribution is 2.46. The second-order valence-corrected chi connectivity index (χ2v) is 6.11. The van der Waals surface area contributed by atoms with Gasteiger partial charge >= 0.3 is 0 Å². The molecule has 3 heteroatoms. The molecule has 1 aliphatic rings. The molecule has 0 saturated carbocycles. The van der Waals surface area contributed by atoms with E-state index < -0.39 is 0 Å². The third kappa shape index (κ3) is 2.36. The van der Waals surface area contributed by atoms with E-state index >= 15 is 0 Å². The molecule has 1 rings (SSSR count). The maximum Gasteiger partial charge on any atom is 0.0584 e. The van der Waals surface area contributed by atoms with Crippen LogP contribution in [0.2, 0.25) is 0 Å². The highest BCUT2D eigenvalue weighted by Gasteiger charge is 2.29. The highest BCUT2D eigenvalue weighted by atomic mass is 32.2. The molecule has 0 amide bonds. The number of thioether (sulfide) groups is 2. The summed E-state index contributed by atoms with van der Waals surface area (Å²) in [6.07, 6.45) is 2.11. The monoisotopic (exact) mass is 178 g/mol. The van der Waals surface area contributed by atoms with Crippen LogP contribution >= 0.6 is 23.5 Å². The third-order valence-electron chi connectivity index (χ3n) is 1.69. The summed E-state index contributed by atoms with van der Waals surface area (Å²) in [6, 6.07) is 0. The van der Waals surface area contributed by atoms with Crippen molar-refractivity contribution in [2.75, 3.05) is 18.1 Å². The largest absolute Gasteiger partial charge is 0.396 e. The van der Waals surface area contributed by atoms with Gasteiger partial charge in [0.1, 0.15) is 0 Å². The maximum atomic E-state index is 8.62. The Morgan fingerprint density at radius 3 is 2.50 bits per heavy atom. The summed E-state index contributed by atoms with van der Waals surface area (Å²) in [6.45, 7) is 2.63. The van der Waals surface area contributed by atoms with Crippen LogP contribution < -0.4 is 0 Å². The van der Waals surface area contributed by atoms with Gasteiger partial charge in [0.15, 0.2) is 0 Å². The lowest BCUT2D eigenvalue weighted by molar-refractivity contribution is 0.283. The molecule has 0 atom stereocenters. The van der Waals surface area contributed by atoms with E-state index in [0.717, 1.165) is 12.8 Å². The zero-order chi connectivity index (χ0) is 7.45. The molecule has 0 aliphatic carbocycles. The van der Waals surface area contributed by atoms with Crippen LogP contribution in [0.25, 0.3) is 0 Å². The van der Waals surface area contributed by atoms with Gasteiger partial charge in [0.05, 0.1) is 4.08 Å². The quantitative estimate of drug-likeness (QED) is 0.713. The smallest absolute Gasteiger partial charge is 0.0584 e. The number of hydrogen-bond acceptors (Lipinski definition) is 3. The van der Waals surface area contributed by atoms with E-state index in [1.165, 1.54) is 11.5 Å². The van der Waals surface area contributed by atoms with Crippen molar-refractivity contribution in [2.45, 2.75) is 23.8 Å². The van der Waals surface area contributed by atoms with Gasteiger partial charge in [-0.2, -0.15) is 0 Å². The second-order valence-electron chi connectivity index (χ2n) is 2.66. The molecule has 1 saturated heterocycles. The van der Waals surface area contributed by atoms with Gasteiger partial charge in [0.2, 0.25) is 0 Å². The molecule has 1 N–H and O–H groups in total. The number of hydrogen-bond donors (Lipinski definition) is 1. The zero-order valence-corrected chi connectivity index (χ0v) is 7.93. The number of aliphatic hydroxyl groups excluding tert-OH is 1. The minimum absolute atomic E-state index is 0.344. The van der Waals surface area contributed by atoms with Crippen LogP contribution in [0.15, 0.2) is 0 Å². The Labute approximate surface area is 71.0 Å². The minimum Gasteiger partial charge on any atom is -0.396 e. The van der Waals surface area contributed by atoms with E-state index in [1.807, 2.05) is 23.5 Å². The number of aliphatic hydroxyl groups is 1. The first-order chi connectivity index (χ1) is 4.77.